The number of aromatic hydroxyl groups is 1. The smallest absolute Gasteiger partial charge is 0.299 e. The number of sulfonamides is 1. The molecule has 0 saturated carbocycles. The zero-order valence-corrected chi connectivity index (χ0v) is 20.0. The molecule has 2 heterocycles. The van der Waals surface area contributed by atoms with Gasteiger partial charge in [0.2, 0.25) is 10.0 Å². The Labute approximate surface area is 188 Å². The van der Waals surface area contributed by atoms with Crippen LogP contribution >= 0.6 is 0 Å². The summed E-state index contributed by atoms with van der Waals surface area (Å²) in [5.74, 6) is 0.843. The number of benzene rings is 2. The zero-order valence-electron chi connectivity index (χ0n) is 19.2. The van der Waals surface area contributed by atoms with Gasteiger partial charge in [-0.3, -0.25) is 4.72 Å². The SMILES string of the molecule is CC(C)(C)c1cc(-c2cnc(Nc3ccc4c(c3)CS(=O)(=O)N4)o2)cc(C(C)(C)C)c1O. The summed E-state index contributed by atoms with van der Waals surface area (Å²) in [5.41, 5.74) is 4.01. The van der Waals surface area contributed by atoms with Crippen molar-refractivity contribution in [3.05, 3.63) is 53.2 Å². The van der Waals surface area contributed by atoms with Gasteiger partial charge in [-0.25, -0.2) is 13.4 Å². The van der Waals surface area contributed by atoms with Crippen LogP contribution in [-0.4, -0.2) is 18.5 Å². The molecule has 7 nitrogen and oxygen atoms in total. The summed E-state index contributed by atoms with van der Waals surface area (Å²) in [7, 11) is -3.30. The molecule has 4 rings (SSSR count). The highest BCUT2D eigenvalue weighted by Crippen LogP contribution is 2.42. The Morgan fingerprint density at radius 2 is 1.66 bits per heavy atom. The van der Waals surface area contributed by atoms with Gasteiger partial charge in [0.15, 0.2) is 5.76 Å². The van der Waals surface area contributed by atoms with Crippen LogP contribution in [0.5, 0.6) is 5.75 Å². The fourth-order valence-corrected chi connectivity index (χ4v) is 5.06. The molecule has 0 atom stereocenters. The number of phenols is 1. The van der Waals surface area contributed by atoms with E-state index in [0.29, 0.717) is 34.5 Å². The lowest BCUT2D eigenvalue weighted by Crippen LogP contribution is -2.17. The van der Waals surface area contributed by atoms with Crippen LogP contribution in [0.15, 0.2) is 40.9 Å². The van der Waals surface area contributed by atoms with Gasteiger partial charge in [0.1, 0.15) is 5.75 Å². The number of nitrogens with one attached hydrogen (secondary N) is 2. The van der Waals surface area contributed by atoms with Gasteiger partial charge in [-0.05, 0) is 46.7 Å². The summed E-state index contributed by atoms with van der Waals surface area (Å²) in [5, 5.41) is 14.0. The summed E-state index contributed by atoms with van der Waals surface area (Å²) < 4.78 is 32.0. The lowest BCUT2D eigenvalue weighted by atomic mass is 9.78. The Balaban J connectivity index is 1.67. The third-order valence-corrected chi connectivity index (χ3v) is 6.71. The largest absolute Gasteiger partial charge is 0.507 e. The average Bonchev–Trinajstić information content (AvgIpc) is 3.22. The average molecular weight is 456 g/mol. The summed E-state index contributed by atoms with van der Waals surface area (Å²) >= 11 is 0. The molecule has 1 aliphatic rings. The van der Waals surface area contributed by atoms with Gasteiger partial charge in [0, 0.05) is 22.4 Å². The molecule has 0 amide bonds. The quantitative estimate of drug-likeness (QED) is 0.472. The number of fused-ring (bicyclic) bond motifs is 1. The molecule has 0 spiro atoms. The molecular weight excluding hydrogens is 426 g/mol. The van der Waals surface area contributed by atoms with Crippen molar-refractivity contribution in [1.29, 1.82) is 0 Å². The minimum atomic E-state index is -3.30. The normalized spacial score (nSPS) is 15.3. The summed E-state index contributed by atoms with van der Waals surface area (Å²) in [6.45, 7) is 12.4. The number of hydrogen-bond acceptors (Lipinski definition) is 6. The first-order valence-electron chi connectivity index (χ1n) is 10.5. The second-order valence-corrected chi connectivity index (χ2v) is 12.0. The molecule has 3 aromatic rings. The van der Waals surface area contributed by atoms with E-state index in [1.165, 1.54) is 0 Å². The fraction of sp³-hybridized carbons (Fsp3) is 0.375. The molecule has 170 valence electrons. The van der Waals surface area contributed by atoms with Gasteiger partial charge >= 0.3 is 0 Å². The highest BCUT2D eigenvalue weighted by molar-refractivity contribution is 7.92. The van der Waals surface area contributed by atoms with E-state index < -0.39 is 10.0 Å². The number of nitrogens with zero attached hydrogens (tertiary/aromatic N) is 1. The Morgan fingerprint density at radius 3 is 2.25 bits per heavy atom. The third-order valence-electron chi connectivity index (χ3n) is 5.48. The summed E-state index contributed by atoms with van der Waals surface area (Å²) in [6, 6.07) is 9.45. The number of rotatable bonds is 3. The van der Waals surface area contributed by atoms with E-state index in [1.807, 2.05) is 12.1 Å². The van der Waals surface area contributed by atoms with Crippen LogP contribution in [0.1, 0.15) is 58.2 Å². The van der Waals surface area contributed by atoms with Crippen molar-refractivity contribution in [3.63, 3.8) is 0 Å². The van der Waals surface area contributed by atoms with Crippen LogP contribution in [-0.2, 0) is 26.6 Å². The van der Waals surface area contributed by atoms with Gasteiger partial charge in [-0.2, -0.15) is 0 Å². The van der Waals surface area contributed by atoms with Crippen LogP contribution in [0, 0.1) is 0 Å². The number of phenolic OH excluding ortho intramolecular Hbond substituents is 1. The van der Waals surface area contributed by atoms with Gasteiger partial charge in [0.05, 0.1) is 17.6 Å². The van der Waals surface area contributed by atoms with Crippen molar-refractivity contribution < 1.29 is 17.9 Å². The van der Waals surface area contributed by atoms with Crippen LogP contribution in [0.2, 0.25) is 0 Å². The van der Waals surface area contributed by atoms with E-state index in [2.05, 4.69) is 56.6 Å². The highest BCUT2D eigenvalue weighted by atomic mass is 32.2. The van der Waals surface area contributed by atoms with Crippen LogP contribution in [0.4, 0.5) is 17.4 Å². The monoisotopic (exact) mass is 455 g/mol. The molecule has 0 bridgehead atoms. The number of oxazole rings is 1. The van der Waals surface area contributed by atoms with Crippen LogP contribution in [0.3, 0.4) is 0 Å². The predicted molar refractivity (Wildman–Crippen MR) is 127 cm³/mol. The van der Waals surface area contributed by atoms with E-state index in [0.717, 1.165) is 16.7 Å². The van der Waals surface area contributed by atoms with Crippen molar-refractivity contribution in [2.75, 3.05) is 10.0 Å². The first-order valence-corrected chi connectivity index (χ1v) is 12.1. The molecule has 0 unspecified atom stereocenters. The highest BCUT2D eigenvalue weighted by Gasteiger charge is 2.28. The number of hydrogen-bond donors (Lipinski definition) is 3. The molecule has 32 heavy (non-hydrogen) atoms. The Morgan fingerprint density at radius 1 is 1.03 bits per heavy atom. The summed E-state index contributed by atoms with van der Waals surface area (Å²) in [6.07, 6.45) is 1.65. The number of anilines is 3. The molecule has 2 aromatic carbocycles. The Hall–Kier alpha value is -3.00. The first-order chi connectivity index (χ1) is 14.7. The third kappa shape index (κ3) is 4.32. The minimum absolute atomic E-state index is 0.0483. The van der Waals surface area contributed by atoms with Crippen molar-refractivity contribution >= 4 is 27.4 Å². The summed E-state index contributed by atoms with van der Waals surface area (Å²) in [4.78, 5) is 4.34. The van der Waals surface area contributed by atoms with Crippen molar-refractivity contribution in [3.8, 4) is 17.1 Å². The maximum atomic E-state index is 11.8. The van der Waals surface area contributed by atoms with E-state index in [4.69, 9.17) is 4.42 Å². The molecular formula is C24H29N3O4S. The van der Waals surface area contributed by atoms with E-state index in [-0.39, 0.29) is 16.6 Å². The maximum absolute atomic E-state index is 11.8. The molecule has 3 N–H and O–H groups in total. The predicted octanol–water partition coefficient (Wildman–Crippen LogP) is 5.64. The second kappa shape index (κ2) is 7.27. The minimum Gasteiger partial charge on any atom is -0.507 e. The molecule has 1 aliphatic heterocycles. The van der Waals surface area contributed by atoms with Crippen molar-refractivity contribution in [2.24, 2.45) is 0 Å². The van der Waals surface area contributed by atoms with Crippen LogP contribution in [0.25, 0.3) is 11.3 Å². The Kier molecular flexibility index (Phi) is 5.04. The van der Waals surface area contributed by atoms with Crippen LogP contribution < -0.4 is 10.0 Å². The van der Waals surface area contributed by atoms with E-state index in [9.17, 15) is 13.5 Å². The maximum Gasteiger partial charge on any atom is 0.299 e. The lowest BCUT2D eigenvalue weighted by Gasteiger charge is -2.28. The topological polar surface area (TPSA) is 104 Å². The second-order valence-electron chi connectivity index (χ2n) is 10.3. The van der Waals surface area contributed by atoms with Gasteiger partial charge in [-0.1, -0.05) is 41.5 Å². The molecule has 1 aromatic heterocycles. The first kappa shape index (κ1) is 22.2. The van der Waals surface area contributed by atoms with E-state index in [1.54, 1.807) is 24.4 Å². The fourth-order valence-electron chi connectivity index (χ4n) is 3.81. The molecule has 0 aliphatic carbocycles. The Bertz CT molecular complexity index is 1260. The molecule has 0 radical (unpaired) electrons. The van der Waals surface area contributed by atoms with Gasteiger partial charge in [0.25, 0.3) is 6.01 Å². The van der Waals surface area contributed by atoms with Crippen molar-refractivity contribution in [1.82, 2.24) is 4.98 Å². The van der Waals surface area contributed by atoms with Crippen molar-refractivity contribution in [2.45, 2.75) is 58.1 Å². The van der Waals surface area contributed by atoms with Gasteiger partial charge in [-0.15, -0.1) is 0 Å². The lowest BCUT2D eigenvalue weighted by molar-refractivity contribution is 0.423. The zero-order chi connectivity index (χ0) is 23.5. The van der Waals surface area contributed by atoms with E-state index >= 15 is 0 Å². The molecule has 0 fully saturated rings. The molecule has 8 heteroatoms. The van der Waals surface area contributed by atoms with Gasteiger partial charge < -0.3 is 14.8 Å². The molecule has 0 saturated heterocycles. The number of aromatic nitrogens is 1. The standard InChI is InChI=1S/C24H29N3O4S/c1-23(2,3)17-10-14(11-18(21(17)28)24(4,5)6)20-12-25-22(31-20)26-16-7-8-19-15(9-16)13-32(29,30)27-19/h7-12,27-28H,13H2,1-6H3,(H,25,26).